The van der Waals surface area contributed by atoms with Crippen molar-refractivity contribution in [2.45, 2.75) is 19.6 Å². The molecule has 0 rings (SSSR count). The summed E-state index contributed by atoms with van der Waals surface area (Å²) in [4.78, 5) is 0. The average molecular weight is 192 g/mol. The van der Waals surface area contributed by atoms with Crippen molar-refractivity contribution >= 4 is 0 Å². The van der Waals surface area contributed by atoms with Crippen molar-refractivity contribution in [3.05, 3.63) is 0 Å². The van der Waals surface area contributed by atoms with Gasteiger partial charge in [0.25, 0.3) is 0 Å². The molecule has 1 unspecified atom stereocenters. The van der Waals surface area contributed by atoms with E-state index in [0.717, 1.165) is 6.42 Å². The quantitative estimate of drug-likeness (QED) is 0.404. The van der Waals surface area contributed by atoms with Gasteiger partial charge in [-0.05, 0) is 13.3 Å². The van der Waals surface area contributed by atoms with Gasteiger partial charge in [-0.25, -0.2) is 0 Å². The molecular formula is C9H20O4. The molecule has 0 spiro atoms. The van der Waals surface area contributed by atoms with E-state index in [4.69, 9.17) is 18.9 Å². The number of methoxy groups -OCH3 is 2. The van der Waals surface area contributed by atoms with Crippen molar-refractivity contribution in [1.82, 2.24) is 0 Å². The molecule has 0 saturated heterocycles. The van der Waals surface area contributed by atoms with Crippen LogP contribution in [0, 0.1) is 0 Å². The normalized spacial score (nSPS) is 13.2. The van der Waals surface area contributed by atoms with Crippen molar-refractivity contribution in [3.63, 3.8) is 0 Å². The van der Waals surface area contributed by atoms with Crippen LogP contribution < -0.4 is 0 Å². The lowest BCUT2D eigenvalue weighted by atomic mass is 10.5. The van der Waals surface area contributed by atoms with Crippen molar-refractivity contribution in [2.75, 3.05) is 40.6 Å². The molecule has 4 nitrogen and oxygen atoms in total. The first-order valence-corrected chi connectivity index (χ1v) is 4.52. The Hall–Kier alpha value is -0.160. The highest BCUT2D eigenvalue weighted by atomic mass is 16.7. The molecule has 0 aromatic carbocycles. The van der Waals surface area contributed by atoms with E-state index in [2.05, 4.69) is 0 Å². The SMILES string of the molecule is COCCOCCCOC(C)OC. The highest BCUT2D eigenvalue weighted by molar-refractivity contribution is 4.36. The summed E-state index contributed by atoms with van der Waals surface area (Å²) in [5, 5.41) is 0. The van der Waals surface area contributed by atoms with Gasteiger partial charge in [-0.3, -0.25) is 0 Å². The Labute approximate surface area is 80.1 Å². The first-order chi connectivity index (χ1) is 6.31. The standard InChI is InChI=1S/C9H20O4/c1-9(11-3)13-6-4-5-12-8-7-10-2/h9H,4-8H2,1-3H3. The summed E-state index contributed by atoms with van der Waals surface area (Å²) in [6, 6.07) is 0. The van der Waals surface area contributed by atoms with Gasteiger partial charge < -0.3 is 18.9 Å². The lowest BCUT2D eigenvalue weighted by Gasteiger charge is -2.10. The van der Waals surface area contributed by atoms with Crippen LogP contribution in [0.25, 0.3) is 0 Å². The second kappa shape index (κ2) is 9.92. The van der Waals surface area contributed by atoms with Gasteiger partial charge >= 0.3 is 0 Å². The average Bonchev–Trinajstić information content (AvgIpc) is 2.16. The molecule has 4 heteroatoms. The number of hydrogen-bond acceptors (Lipinski definition) is 4. The van der Waals surface area contributed by atoms with Crippen molar-refractivity contribution in [3.8, 4) is 0 Å². The van der Waals surface area contributed by atoms with Crippen LogP contribution in [0.5, 0.6) is 0 Å². The van der Waals surface area contributed by atoms with Gasteiger partial charge in [0.2, 0.25) is 0 Å². The van der Waals surface area contributed by atoms with Crippen LogP contribution in [0.4, 0.5) is 0 Å². The van der Waals surface area contributed by atoms with E-state index in [1.165, 1.54) is 0 Å². The van der Waals surface area contributed by atoms with E-state index in [-0.39, 0.29) is 6.29 Å². The second-order valence-electron chi connectivity index (χ2n) is 2.63. The number of hydrogen-bond donors (Lipinski definition) is 0. The molecule has 0 aliphatic rings. The summed E-state index contributed by atoms with van der Waals surface area (Å²) >= 11 is 0. The fourth-order valence-electron chi connectivity index (χ4n) is 0.723. The lowest BCUT2D eigenvalue weighted by molar-refractivity contribution is -0.114. The van der Waals surface area contributed by atoms with Crippen LogP contribution in [-0.2, 0) is 18.9 Å². The largest absolute Gasteiger partial charge is 0.382 e. The zero-order chi connectivity index (χ0) is 9.94. The van der Waals surface area contributed by atoms with Crippen LogP contribution >= 0.6 is 0 Å². The molecule has 0 aliphatic carbocycles. The maximum atomic E-state index is 5.26. The fourth-order valence-corrected chi connectivity index (χ4v) is 0.723. The number of rotatable bonds is 9. The molecule has 0 N–H and O–H groups in total. The highest BCUT2D eigenvalue weighted by Gasteiger charge is 1.97. The Morgan fingerprint density at radius 2 is 1.77 bits per heavy atom. The minimum Gasteiger partial charge on any atom is -0.382 e. The Morgan fingerprint density at radius 1 is 1.00 bits per heavy atom. The Balaban J connectivity index is 2.91. The lowest BCUT2D eigenvalue weighted by Crippen LogP contribution is -2.12. The van der Waals surface area contributed by atoms with Crippen LogP contribution in [0.3, 0.4) is 0 Å². The van der Waals surface area contributed by atoms with E-state index in [9.17, 15) is 0 Å². The molecule has 0 aliphatic heterocycles. The van der Waals surface area contributed by atoms with Gasteiger partial charge in [0, 0.05) is 20.8 Å². The highest BCUT2D eigenvalue weighted by Crippen LogP contribution is 1.92. The predicted octanol–water partition coefficient (Wildman–Crippen LogP) is 1.05. The van der Waals surface area contributed by atoms with E-state index in [1.54, 1.807) is 14.2 Å². The van der Waals surface area contributed by atoms with Crippen LogP contribution in [0.1, 0.15) is 13.3 Å². The molecule has 0 aromatic heterocycles. The van der Waals surface area contributed by atoms with Crippen LogP contribution in [0.15, 0.2) is 0 Å². The monoisotopic (exact) mass is 192 g/mol. The molecule has 0 fully saturated rings. The van der Waals surface area contributed by atoms with E-state index in [1.807, 2.05) is 6.92 Å². The molecule has 1 atom stereocenters. The third-order valence-corrected chi connectivity index (χ3v) is 1.55. The Kier molecular flexibility index (Phi) is 9.80. The third-order valence-electron chi connectivity index (χ3n) is 1.55. The van der Waals surface area contributed by atoms with Gasteiger partial charge in [-0.15, -0.1) is 0 Å². The molecule has 0 amide bonds. The molecule has 0 radical (unpaired) electrons. The summed E-state index contributed by atoms with van der Waals surface area (Å²) in [5.41, 5.74) is 0. The topological polar surface area (TPSA) is 36.9 Å². The Bertz CT molecular complexity index is 97.6. The van der Waals surface area contributed by atoms with E-state index < -0.39 is 0 Å². The zero-order valence-corrected chi connectivity index (χ0v) is 8.75. The first-order valence-electron chi connectivity index (χ1n) is 4.52. The smallest absolute Gasteiger partial charge is 0.154 e. The summed E-state index contributed by atoms with van der Waals surface area (Å²) in [7, 11) is 3.28. The molecule has 0 aromatic rings. The first kappa shape index (κ1) is 12.8. The maximum absolute atomic E-state index is 5.26. The fraction of sp³-hybridized carbons (Fsp3) is 1.00. The predicted molar refractivity (Wildman–Crippen MR) is 49.7 cm³/mol. The van der Waals surface area contributed by atoms with E-state index in [0.29, 0.717) is 26.4 Å². The summed E-state index contributed by atoms with van der Waals surface area (Å²) in [6.07, 6.45) is 0.760. The van der Waals surface area contributed by atoms with Gasteiger partial charge in [0.15, 0.2) is 6.29 Å². The molecule has 0 heterocycles. The van der Waals surface area contributed by atoms with E-state index >= 15 is 0 Å². The Morgan fingerprint density at radius 3 is 2.38 bits per heavy atom. The van der Waals surface area contributed by atoms with Gasteiger partial charge in [0.05, 0.1) is 19.8 Å². The summed E-state index contributed by atoms with van der Waals surface area (Å²) in [6.45, 7) is 4.54. The van der Waals surface area contributed by atoms with Gasteiger partial charge in [-0.2, -0.15) is 0 Å². The molecule has 0 saturated carbocycles. The van der Waals surface area contributed by atoms with Crippen LogP contribution in [-0.4, -0.2) is 46.9 Å². The van der Waals surface area contributed by atoms with Crippen molar-refractivity contribution in [1.29, 1.82) is 0 Å². The third kappa shape index (κ3) is 9.76. The zero-order valence-electron chi connectivity index (χ0n) is 8.75. The molecule has 13 heavy (non-hydrogen) atoms. The maximum Gasteiger partial charge on any atom is 0.154 e. The molecular weight excluding hydrogens is 172 g/mol. The second-order valence-corrected chi connectivity index (χ2v) is 2.63. The summed E-state index contributed by atoms with van der Waals surface area (Å²) in [5.74, 6) is 0. The molecule has 80 valence electrons. The van der Waals surface area contributed by atoms with Crippen molar-refractivity contribution < 1.29 is 18.9 Å². The van der Waals surface area contributed by atoms with Gasteiger partial charge in [0.1, 0.15) is 0 Å². The van der Waals surface area contributed by atoms with Gasteiger partial charge in [-0.1, -0.05) is 0 Å². The van der Waals surface area contributed by atoms with Crippen molar-refractivity contribution in [2.24, 2.45) is 0 Å². The summed E-state index contributed by atoms with van der Waals surface area (Å²) < 4.78 is 20.2. The minimum absolute atomic E-state index is 0.126. The number of ether oxygens (including phenoxy) is 4. The molecule has 0 bridgehead atoms. The van der Waals surface area contributed by atoms with Crippen LogP contribution in [0.2, 0.25) is 0 Å². The minimum atomic E-state index is -0.126.